The van der Waals surface area contributed by atoms with Crippen molar-refractivity contribution in [3.63, 3.8) is 0 Å². The number of aryl methyl sites for hydroxylation is 1. The van der Waals surface area contributed by atoms with Crippen LogP contribution in [0.5, 0.6) is 5.75 Å². The van der Waals surface area contributed by atoms with Crippen LogP contribution in [-0.2, 0) is 17.5 Å². The number of carbonyl (C=O) groups excluding carboxylic acids is 1. The Bertz CT molecular complexity index is 1400. The number of cyclic esters (lactones) is 1. The summed E-state index contributed by atoms with van der Waals surface area (Å²) in [4.78, 5) is 20.5. The summed E-state index contributed by atoms with van der Waals surface area (Å²) in [5.74, 6) is -1.91. The van der Waals surface area contributed by atoms with Crippen molar-refractivity contribution in [3.8, 4) is 16.9 Å². The number of rotatable bonds is 6. The van der Waals surface area contributed by atoms with Crippen LogP contribution in [0.4, 0.5) is 32.6 Å². The van der Waals surface area contributed by atoms with Gasteiger partial charge in [-0.05, 0) is 49.7 Å². The number of hydrogen-bond acceptors (Lipinski definition) is 5. The predicted molar refractivity (Wildman–Crippen MR) is 134 cm³/mol. The van der Waals surface area contributed by atoms with E-state index in [4.69, 9.17) is 9.47 Å². The molecule has 0 radical (unpaired) electrons. The highest BCUT2D eigenvalue weighted by atomic mass is 19.4. The lowest BCUT2D eigenvalue weighted by Gasteiger charge is -2.39. The molecule has 5 rings (SSSR count). The van der Waals surface area contributed by atoms with E-state index in [-0.39, 0.29) is 12.1 Å². The zero-order valence-electron chi connectivity index (χ0n) is 21.4. The Labute approximate surface area is 222 Å². The number of methoxy groups -OCH3 is 1. The first-order valence-electron chi connectivity index (χ1n) is 12.3. The molecule has 206 valence electrons. The van der Waals surface area contributed by atoms with Gasteiger partial charge >= 0.3 is 12.3 Å². The van der Waals surface area contributed by atoms with E-state index in [2.05, 4.69) is 4.98 Å². The van der Waals surface area contributed by atoms with E-state index in [9.17, 15) is 26.7 Å². The van der Waals surface area contributed by atoms with E-state index >= 15 is 0 Å². The van der Waals surface area contributed by atoms with Gasteiger partial charge in [-0.2, -0.15) is 13.2 Å². The first kappa shape index (κ1) is 26.7. The van der Waals surface area contributed by atoms with Gasteiger partial charge in [-0.15, -0.1) is 0 Å². The number of pyridine rings is 1. The molecule has 2 atom stereocenters. The third-order valence-electron chi connectivity index (χ3n) is 6.99. The first-order chi connectivity index (χ1) is 18.4. The summed E-state index contributed by atoms with van der Waals surface area (Å²) in [5.41, 5.74) is 1.53. The summed E-state index contributed by atoms with van der Waals surface area (Å²) in [7, 11) is 1.52. The van der Waals surface area contributed by atoms with Crippen LogP contribution >= 0.6 is 0 Å². The van der Waals surface area contributed by atoms with Crippen molar-refractivity contribution in [1.82, 2.24) is 9.88 Å². The highest BCUT2D eigenvalue weighted by Crippen LogP contribution is 2.40. The van der Waals surface area contributed by atoms with Crippen molar-refractivity contribution in [2.75, 3.05) is 25.1 Å². The number of para-hydroxylation sites is 1. The normalized spacial score (nSPS) is 20.6. The molecule has 2 aliphatic rings. The van der Waals surface area contributed by atoms with E-state index in [1.807, 2.05) is 12.1 Å². The van der Waals surface area contributed by atoms with E-state index in [1.54, 1.807) is 44.2 Å². The zero-order valence-corrected chi connectivity index (χ0v) is 21.4. The van der Waals surface area contributed by atoms with Crippen LogP contribution in [0.1, 0.15) is 35.4 Å². The summed E-state index contributed by atoms with van der Waals surface area (Å²) >= 11 is 0. The molecule has 11 heteroatoms. The Morgan fingerprint density at radius 3 is 2.46 bits per heavy atom. The Morgan fingerprint density at radius 2 is 1.79 bits per heavy atom. The molecule has 3 aromatic rings. The molecule has 0 saturated carbocycles. The van der Waals surface area contributed by atoms with Crippen molar-refractivity contribution < 1.29 is 36.2 Å². The number of halogens is 5. The molecular formula is C28H26F5N3O3. The van der Waals surface area contributed by atoms with Crippen LogP contribution in [0.25, 0.3) is 11.1 Å². The fraction of sp³-hybridized carbons (Fsp3) is 0.357. The Hall–Kier alpha value is -3.89. The van der Waals surface area contributed by atoms with Gasteiger partial charge in [-0.25, -0.2) is 18.6 Å². The fourth-order valence-corrected chi connectivity index (χ4v) is 5.03. The second kappa shape index (κ2) is 9.69. The number of nitrogens with zero attached hydrogens (tertiary/aromatic N) is 3. The standard InChI is InChI=1S/C28H26F5N3O3/c1-16-10-18(12-19(11-16)28(31,32)33)25-17(2)36(26(37)39-25)13-22-20(21-6-4-5-7-23(21)38-3)8-9-24(34-22)35-14-27(29,30)15-35/h4-12,17,25H,13-15H2,1-3H3/t17-,25?/m0/s1. The molecule has 39 heavy (non-hydrogen) atoms. The van der Waals surface area contributed by atoms with Gasteiger partial charge in [0.1, 0.15) is 17.7 Å². The number of amides is 1. The summed E-state index contributed by atoms with van der Waals surface area (Å²) in [6.07, 6.45) is -6.20. The molecule has 0 aliphatic carbocycles. The maximum absolute atomic E-state index is 13.6. The molecule has 6 nitrogen and oxygen atoms in total. The Balaban J connectivity index is 1.50. The minimum absolute atomic E-state index is 0.0557. The SMILES string of the molecule is COc1ccccc1-c1ccc(N2CC(F)(F)C2)nc1CN1C(=O)OC(c2cc(C)cc(C(F)(F)F)c2)[C@@H]1C. The lowest BCUT2D eigenvalue weighted by atomic mass is 9.97. The zero-order chi connectivity index (χ0) is 28.1. The topological polar surface area (TPSA) is 54.9 Å². The van der Waals surface area contributed by atoms with Crippen molar-refractivity contribution in [2.45, 2.75) is 44.6 Å². The van der Waals surface area contributed by atoms with E-state index in [1.165, 1.54) is 16.9 Å². The number of alkyl halides is 5. The molecule has 1 amide bonds. The summed E-state index contributed by atoms with van der Waals surface area (Å²) < 4.78 is 78.5. The monoisotopic (exact) mass is 547 g/mol. The van der Waals surface area contributed by atoms with E-state index < -0.39 is 49.0 Å². The van der Waals surface area contributed by atoms with Crippen molar-refractivity contribution >= 4 is 11.9 Å². The minimum Gasteiger partial charge on any atom is -0.496 e. The molecule has 0 bridgehead atoms. The van der Waals surface area contributed by atoms with Gasteiger partial charge < -0.3 is 14.4 Å². The van der Waals surface area contributed by atoms with Crippen LogP contribution < -0.4 is 9.64 Å². The smallest absolute Gasteiger partial charge is 0.416 e. The number of benzene rings is 2. The van der Waals surface area contributed by atoms with Gasteiger partial charge in [0.2, 0.25) is 0 Å². The number of anilines is 1. The van der Waals surface area contributed by atoms with Gasteiger partial charge in [0.15, 0.2) is 0 Å². The van der Waals surface area contributed by atoms with E-state index in [0.717, 1.165) is 12.1 Å². The average Bonchev–Trinajstić information content (AvgIpc) is 3.14. The van der Waals surface area contributed by atoms with Crippen LogP contribution in [-0.4, -0.2) is 48.1 Å². The minimum atomic E-state index is -4.55. The largest absolute Gasteiger partial charge is 0.496 e. The molecular weight excluding hydrogens is 521 g/mol. The summed E-state index contributed by atoms with van der Waals surface area (Å²) in [5, 5.41) is 0. The molecule has 0 N–H and O–H groups in total. The quantitative estimate of drug-likeness (QED) is 0.325. The molecule has 1 unspecified atom stereocenters. The number of hydrogen-bond donors (Lipinski definition) is 0. The van der Waals surface area contributed by atoms with E-state index in [0.29, 0.717) is 34.0 Å². The maximum Gasteiger partial charge on any atom is 0.416 e. The molecule has 2 aliphatic heterocycles. The lowest BCUT2D eigenvalue weighted by Crippen LogP contribution is -2.56. The average molecular weight is 548 g/mol. The van der Waals surface area contributed by atoms with Crippen LogP contribution in [0, 0.1) is 6.92 Å². The molecule has 2 fully saturated rings. The van der Waals surface area contributed by atoms with Gasteiger partial charge in [0.05, 0.1) is 44.0 Å². The highest BCUT2D eigenvalue weighted by Gasteiger charge is 2.45. The molecule has 2 saturated heterocycles. The Kier molecular flexibility index (Phi) is 6.64. The first-order valence-corrected chi connectivity index (χ1v) is 12.3. The molecule has 0 spiro atoms. The molecule has 3 heterocycles. The van der Waals surface area contributed by atoms with Gasteiger partial charge in [-0.1, -0.05) is 29.8 Å². The van der Waals surface area contributed by atoms with Crippen molar-refractivity contribution in [1.29, 1.82) is 0 Å². The number of carbonyl (C=O) groups is 1. The van der Waals surface area contributed by atoms with Crippen LogP contribution in [0.15, 0.2) is 54.6 Å². The highest BCUT2D eigenvalue weighted by molar-refractivity contribution is 5.75. The molecule has 1 aromatic heterocycles. The van der Waals surface area contributed by atoms with Crippen LogP contribution in [0.2, 0.25) is 0 Å². The third kappa shape index (κ3) is 5.22. The van der Waals surface area contributed by atoms with Crippen molar-refractivity contribution in [3.05, 3.63) is 77.0 Å². The second-order valence-electron chi connectivity index (χ2n) is 9.88. The molecule has 2 aromatic carbocycles. The number of aromatic nitrogens is 1. The lowest BCUT2D eigenvalue weighted by molar-refractivity contribution is -0.137. The Morgan fingerprint density at radius 1 is 1.08 bits per heavy atom. The summed E-state index contributed by atoms with van der Waals surface area (Å²) in [6, 6.07) is 13.5. The maximum atomic E-state index is 13.6. The van der Waals surface area contributed by atoms with Crippen LogP contribution in [0.3, 0.4) is 0 Å². The van der Waals surface area contributed by atoms with Gasteiger partial charge in [0.25, 0.3) is 5.92 Å². The third-order valence-corrected chi connectivity index (χ3v) is 6.99. The second-order valence-corrected chi connectivity index (χ2v) is 9.88. The van der Waals surface area contributed by atoms with Crippen molar-refractivity contribution in [2.24, 2.45) is 0 Å². The summed E-state index contributed by atoms with van der Waals surface area (Å²) in [6.45, 7) is 2.25. The van der Waals surface area contributed by atoms with Gasteiger partial charge in [0, 0.05) is 11.1 Å². The predicted octanol–water partition coefficient (Wildman–Crippen LogP) is 6.62. The number of ether oxygens (including phenoxy) is 2. The van der Waals surface area contributed by atoms with Gasteiger partial charge in [-0.3, -0.25) is 4.90 Å². The fourth-order valence-electron chi connectivity index (χ4n) is 5.03.